The van der Waals surface area contributed by atoms with Crippen LogP contribution in [0.15, 0.2) is 11.6 Å². The maximum absolute atomic E-state index is 11.6. The molecule has 0 spiro atoms. The third kappa shape index (κ3) is 2.37. The van der Waals surface area contributed by atoms with Crippen molar-refractivity contribution >= 4 is 5.97 Å². The highest BCUT2D eigenvalue weighted by atomic mass is 16.5. The fraction of sp³-hybridized carbons (Fsp3) is 0.750. The molecule has 0 aliphatic heterocycles. The standard InChI is InChI=1S/C12H20O2/c1-4-6-10-7-8-11(9(10)3)12(13)14-5-2/h6,9,11H,4-5,7-8H2,1-3H3/t9-,11?/m0/s1. The zero-order valence-electron chi connectivity index (χ0n) is 9.38. The summed E-state index contributed by atoms with van der Waals surface area (Å²) in [5.41, 5.74) is 1.44. The van der Waals surface area contributed by atoms with Crippen molar-refractivity contribution in [3.63, 3.8) is 0 Å². The molecule has 0 aromatic carbocycles. The Labute approximate surface area is 86.3 Å². The van der Waals surface area contributed by atoms with Gasteiger partial charge in [-0.25, -0.2) is 0 Å². The van der Waals surface area contributed by atoms with E-state index >= 15 is 0 Å². The second-order valence-corrected chi connectivity index (χ2v) is 3.87. The molecule has 1 aliphatic rings. The molecule has 1 fully saturated rings. The molecule has 0 amide bonds. The number of ether oxygens (including phenoxy) is 1. The predicted molar refractivity (Wildman–Crippen MR) is 56.9 cm³/mol. The molecule has 0 heterocycles. The molecule has 0 radical (unpaired) electrons. The Morgan fingerprint density at radius 2 is 2.29 bits per heavy atom. The molecule has 0 saturated heterocycles. The van der Waals surface area contributed by atoms with E-state index in [1.165, 1.54) is 5.57 Å². The number of esters is 1. The third-order valence-corrected chi connectivity index (χ3v) is 2.99. The molecule has 2 atom stereocenters. The molecule has 0 aromatic heterocycles. The third-order valence-electron chi connectivity index (χ3n) is 2.99. The maximum Gasteiger partial charge on any atom is 0.309 e. The summed E-state index contributed by atoms with van der Waals surface area (Å²) in [5, 5.41) is 0. The molecule has 2 nitrogen and oxygen atoms in total. The average molecular weight is 196 g/mol. The van der Waals surface area contributed by atoms with Crippen molar-refractivity contribution < 1.29 is 9.53 Å². The number of carbonyl (C=O) groups excluding carboxylic acids is 1. The summed E-state index contributed by atoms with van der Waals surface area (Å²) in [6.07, 6.45) is 5.35. The Morgan fingerprint density at radius 1 is 1.57 bits per heavy atom. The van der Waals surface area contributed by atoms with Gasteiger partial charge >= 0.3 is 5.97 Å². The van der Waals surface area contributed by atoms with Crippen LogP contribution in [0.2, 0.25) is 0 Å². The molecular weight excluding hydrogens is 176 g/mol. The van der Waals surface area contributed by atoms with Crippen LogP contribution in [0.25, 0.3) is 0 Å². The lowest BCUT2D eigenvalue weighted by atomic mass is 9.95. The zero-order chi connectivity index (χ0) is 10.6. The van der Waals surface area contributed by atoms with Crippen molar-refractivity contribution in [2.75, 3.05) is 6.61 Å². The summed E-state index contributed by atoms with van der Waals surface area (Å²) < 4.78 is 5.06. The maximum atomic E-state index is 11.6. The number of hydrogen-bond donors (Lipinski definition) is 0. The van der Waals surface area contributed by atoms with Crippen molar-refractivity contribution in [1.82, 2.24) is 0 Å². The molecule has 0 aromatic rings. The van der Waals surface area contributed by atoms with E-state index in [0.717, 1.165) is 19.3 Å². The van der Waals surface area contributed by atoms with Gasteiger partial charge in [-0.3, -0.25) is 4.79 Å². The van der Waals surface area contributed by atoms with Crippen LogP contribution in [0.3, 0.4) is 0 Å². The minimum absolute atomic E-state index is 0.0143. The smallest absolute Gasteiger partial charge is 0.309 e. The van der Waals surface area contributed by atoms with Gasteiger partial charge in [0.15, 0.2) is 0 Å². The Bertz CT molecular complexity index is 230. The first-order valence-corrected chi connectivity index (χ1v) is 5.56. The molecule has 0 N–H and O–H groups in total. The summed E-state index contributed by atoms with van der Waals surface area (Å²) in [6.45, 7) is 6.63. The fourth-order valence-electron chi connectivity index (χ4n) is 2.18. The molecule has 2 heteroatoms. The van der Waals surface area contributed by atoms with Gasteiger partial charge in [-0.2, -0.15) is 0 Å². The lowest BCUT2D eigenvalue weighted by Crippen LogP contribution is -2.20. The zero-order valence-corrected chi connectivity index (χ0v) is 9.38. The highest BCUT2D eigenvalue weighted by molar-refractivity contribution is 5.74. The first-order chi connectivity index (χ1) is 6.70. The van der Waals surface area contributed by atoms with Gasteiger partial charge in [-0.1, -0.05) is 25.5 Å². The van der Waals surface area contributed by atoms with E-state index in [9.17, 15) is 4.79 Å². The van der Waals surface area contributed by atoms with Crippen LogP contribution in [0.4, 0.5) is 0 Å². The van der Waals surface area contributed by atoms with Crippen molar-refractivity contribution in [2.45, 2.75) is 40.0 Å². The van der Waals surface area contributed by atoms with Crippen LogP contribution in [0.5, 0.6) is 0 Å². The van der Waals surface area contributed by atoms with Crippen LogP contribution in [-0.4, -0.2) is 12.6 Å². The lowest BCUT2D eigenvalue weighted by Gasteiger charge is -2.14. The lowest BCUT2D eigenvalue weighted by molar-refractivity contribution is -0.148. The van der Waals surface area contributed by atoms with E-state index < -0.39 is 0 Å². The second-order valence-electron chi connectivity index (χ2n) is 3.87. The Balaban J connectivity index is 2.59. The van der Waals surface area contributed by atoms with Crippen LogP contribution in [-0.2, 0) is 9.53 Å². The van der Waals surface area contributed by atoms with Crippen molar-refractivity contribution in [1.29, 1.82) is 0 Å². The van der Waals surface area contributed by atoms with Crippen molar-refractivity contribution in [2.24, 2.45) is 11.8 Å². The molecule has 1 aliphatic carbocycles. The normalized spacial score (nSPS) is 29.5. The van der Waals surface area contributed by atoms with E-state index in [0.29, 0.717) is 12.5 Å². The topological polar surface area (TPSA) is 26.3 Å². The van der Waals surface area contributed by atoms with E-state index in [-0.39, 0.29) is 11.9 Å². The van der Waals surface area contributed by atoms with Gasteiger partial charge in [-0.15, -0.1) is 0 Å². The fourth-order valence-corrected chi connectivity index (χ4v) is 2.18. The molecule has 14 heavy (non-hydrogen) atoms. The van der Waals surface area contributed by atoms with E-state index in [4.69, 9.17) is 4.74 Å². The Morgan fingerprint density at radius 3 is 2.86 bits per heavy atom. The van der Waals surface area contributed by atoms with Crippen LogP contribution in [0, 0.1) is 11.8 Å². The van der Waals surface area contributed by atoms with Gasteiger partial charge < -0.3 is 4.74 Å². The van der Waals surface area contributed by atoms with Crippen LogP contribution >= 0.6 is 0 Å². The van der Waals surface area contributed by atoms with Gasteiger partial charge in [0, 0.05) is 0 Å². The van der Waals surface area contributed by atoms with E-state index in [2.05, 4.69) is 19.9 Å². The van der Waals surface area contributed by atoms with Gasteiger partial charge in [-0.05, 0) is 32.1 Å². The van der Waals surface area contributed by atoms with Gasteiger partial charge in [0.05, 0.1) is 12.5 Å². The molecule has 1 saturated carbocycles. The number of hydrogen-bond acceptors (Lipinski definition) is 2. The summed E-state index contributed by atoms with van der Waals surface area (Å²) in [4.78, 5) is 11.6. The van der Waals surface area contributed by atoms with Gasteiger partial charge in [0.1, 0.15) is 0 Å². The highest BCUT2D eigenvalue weighted by Gasteiger charge is 2.33. The summed E-state index contributed by atoms with van der Waals surface area (Å²) in [7, 11) is 0. The summed E-state index contributed by atoms with van der Waals surface area (Å²) in [5.74, 6) is 0.473. The quantitative estimate of drug-likeness (QED) is 0.512. The van der Waals surface area contributed by atoms with Crippen LogP contribution in [0.1, 0.15) is 40.0 Å². The molecule has 0 bridgehead atoms. The first-order valence-electron chi connectivity index (χ1n) is 5.56. The monoisotopic (exact) mass is 196 g/mol. The highest BCUT2D eigenvalue weighted by Crippen LogP contribution is 2.37. The van der Waals surface area contributed by atoms with Gasteiger partial charge in [0.25, 0.3) is 0 Å². The number of carbonyl (C=O) groups is 1. The van der Waals surface area contributed by atoms with Crippen molar-refractivity contribution in [3.05, 3.63) is 11.6 Å². The molecule has 1 rings (SSSR count). The predicted octanol–water partition coefficient (Wildman–Crippen LogP) is 2.93. The summed E-state index contributed by atoms with van der Waals surface area (Å²) in [6, 6.07) is 0. The second kappa shape index (κ2) is 5.18. The molecular formula is C12H20O2. The Kier molecular flexibility index (Phi) is 4.18. The molecule has 80 valence electrons. The molecule has 1 unspecified atom stereocenters. The minimum atomic E-state index is -0.0143. The number of allylic oxidation sites excluding steroid dienone is 2. The largest absolute Gasteiger partial charge is 0.466 e. The minimum Gasteiger partial charge on any atom is -0.466 e. The van der Waals surface area contributed by atoms with Crippen LogP contribution < -0.4 is 0 Å². The van der Waals surface area contributed by atoms with E-state index in [1.54, 1.807) is 0 Å². The SMILES string of the molecule is CCC=C1CCC(C(=O)OCC)[C@H]1C. The van der Waals surface area contributed by atoms with Gasteiger partial charge in [0.2, 0.25) is 0 Å². The Hall–Kier alpha value is -0.790. The van der Waals surface area contributed by atoms with E-state index in [1.807, 2.05) is 6.92 Å². The average Bonchev–Trinajstić information content (AvgIpc) is 2.49. The summed E-state index contributed by atoms with van der Waals surface area (Å²) >= 11 is 0. The first kappa shape index (κ1) is 11.3. The number of rotatable bonds is 3. The van der Waals surface area contributed by atoms with Crippen molar-refractivity contribution in [3.8, 4) is 0 Å².